The Kier molecular flexibility index (Phi) is 41.0. The molecule has 104 valence electrons. The summed E-state index contributed by atoms with van der Waals surface area (Å²) in [6.07, 6.45) is 2.80. The first-order valence-electron chi connectivity index (χ1n) is 3.45. The number of rotatable bonds is 2. The van der Waals surface area contributed by atoms with Crippen LogP contribution in [0.15, 0.2) is 0 Å². The molecule has 0 amide bonds. The zero-order valence-electron chi connectivity index (χ0n) is 8.43. The summed E-state index contributed by atoms with van der Waals surface area (Å²) in [4.78, 5) is 0. The Hall–Kier alpha value is 1.31. The minimum Gasteiger partial charge on any atom is -0.357 e. The van der Waals surface area contributed by atoms with Gasteiger partial charge >= 0.3 is 46.7 Å². The molecule has 9 nitrogen and oxygen atoms in total. The summed E-state index contributed by atoms with van der Waals surface area (Å²) in [5.41, 5.74) is 0. The van der Waals surface area contributed by atoms with Crippen LogP contribution in [0.5, 0.6) is 0 Å². The molecule has 0 saturated heterocycles. The molecule has 0 rings (SSSR count). The van der Waals surface area contributed by atoms with Crippen LogP contribution in [0.2, 0.25) is 4.44 Å². The Labute approximate surface area is 121 Å². The van der Waals surface area contributed by atoms with Crippen LogP contribution in [0.1, 0.15) is 19.8 Å². The molecule has 0 N–H and O–H groups in total. The fourth-order valence-electron chi connectivity index (χ4n) is 0.177. The number of hydrogen-bond acceptors (Lipinski definition) is 9. The first-order valence-corrected chi connectivity index (χ1v) is 8.25. The van der Waals surface area contributed by atoms with E-state index in [1.54, 1.807) is 22.5 Å². The third kappa shape index (κ3) is 371. The van der Waals surface area contributed by atoms with E-state index < -0.39 is 32.4 Å². The molecule has 0 aliphatic rings. The van der Waals surface area contributed by atoms with E-state index in [4.69, 9.17) is 41.9 Å². The van der Waals surface area contributed by atoms with Crippen molar-refractivity contribution in [1.82, 2.24) is 0 Å². The molecule has 0 fully saturated rings. The summed E-state index contributed by atoms with van der Waals surface area (Å²) in [7, 11) is -8.56. The fraction of sp³-hybridized carbons (Fsp3) is 1.00. The Morgan fingerprint density at radius 3 is 0.882 bits per heavy atom. The molecule has 0 heterocycles. The standard InChI is InChI=1S/C4H9.3ClO3.Sn/c1-3-4-2;3*2-1(3)4;/h1,3-4H2,2H3;;;;/q;3*-1;+3. The van der Waals surface area contributed by atoms with Gasteiger partial charge in [-0.15, -0.1) is 0 Å². The van der Waals surface area contributed by atoms with Crippen molar-refractivity contribution in [2.75, 3.05) is 0 Å². The molecule has 0 atom stereocenters. The zero-order valence-corrected chi connectivity index (χ0v) is 13.6. The summed E-state index contributed by atoms with van der Waals surface area (Å²) in [5, 5.41) is 0. The normalized spacial score (nSPS) is 8.88. The van der Waals surface area contributed by atoms with Crippen molar-refractivity contribution in [3.63, 3.8) is 0 Å². The third-order valence-electron chi connectivity index (χ3n) is 0.530. The Morgan fingerprint density at radius 2 is 0.882 bits per heavy atom. The van der Waals surface area contributed by atoms with E-state index in [0.29, 0.717) is 0 Å². The molecule has 0 bridgehead atoms. The van der Waals surface area contributed by atoms with Crippen LogP contribution >= 0.6 is 0 Å². The SMILES string of the molecule is CCC[CH2][Sn+3].[O-][Cl+2]([O-])[O-].[O-][Cl+2]([O-])[O-].[O-][Cl+2]([O-])[O-]. The molecule has 0 radical (unpaired) electrons. The maximum absolute atomic E-state index is 8.41. The first kappa shape index (κ1) is 26.8. The molecule has 0 spiro atoms. The number of hydrogen-bond donors (Lipinski definition) is 0. The van der Waals surface area contributed by atoms with E-state index in [0.717, 1.165) is 0 Å². The predicted octanol–water partition coefficient (Wildman–Crippen LogP) is -9.33. The Balaban J connectivity index is -0.0000000667. The van der Waals surface area contributed by atoms with Crippen molar-refractivity contribution >= 4 is 22.5 Å². The topological polar surface area (TPSA) is 208 Å². The van der Waals surface area contributed by atoms with Gasteiger partial charge < -0.3 is 41.9 Å². The van der Waals surface area contributed by atoms with Crippen molar-refractivity contribution in [2.45, 2.75) is 24.2 Å². The predicted molar refractivity (Wildman–Crippen MR) is 25.5 cm³/mol. The van der Waals surface area contributed by atoms with Gasteiger partial charge in [-0.1, -0.05) is 0 Å². The minimum atomic E-state index is -2.85. The molecule has 0 aliphatic heterocycles. The molecule has 0 saturated carbocycles. The van der Waals surface area contributed by atoms with Gasteiger partial charge in [0.05, 0.1) is 32.4 Å². The maximum Gasteiger partial charge on any atom is 0.0695 e. The summed E-state index contributed by atoms with van der Waals surface area (Å²) in [6.45, 7) is 2.23. The summed E-state index contributed by atoms with van der Waals surface area (Å²) >= 11 is 1.68. The molecule has 0 aromatic carbocycles. The van der Waals surface area contributed by atoms with Gasteiger partial charge in [0, 0.05) is 0 Å². The van der Waals surface area contributed by atoms with Crippen molar-refractivity contribution in [2.24, 2.45) is 0 Å². The Morgan fingerprint density at radius 1 is 0.706 bits per heavy atom. The molecule has 0 aliphatic carbocycles. The van der Waals surface area contributed by atoms with Gasteiger partial charge in [0.1, 0.15) is 0 Å². The van der Waals surface area contributed by atoms with Crippen molar-refractivity contribution < 1.29 is 74.3 Å². The van der Waals surface area contributed by atoms with Gasteiger partial charge in [-0.3, -0.25) is 0 Å². The molecule has 0 aromatic rings. The molecule has 17 heavy (non-hydrogen) atoms. The van der Waals surface area contributed by atoms with Gasteiger partial charge in [0.15, 0.2) is 0 Å². The zero-order chi connectivity index (χ0) is 14.9. The van der Waals surface area contributed by atoms with Gasteiger partial charge in [0.2, 0.25) is 0 Å². The van der Waals surface area contributed by atoms with Gasteiger partial charge in [-0.25, -0.2) is 0 Å². The largest absolute Gasteiger partial charge is 0.357 e. The van der Waals surface area contributed by atoms with E-state index in [1.165, 1.54) is 17.3 Å². The van der Waals surface area contributed by atoms with Crippen molar-refractivity contribution in [3.8, 4) is 0 Å². The van der Waals surface area contributed by atoms with Crippen LogP contribution in [0.3, 0.4) is 0 Å². The number of unbranched alkanes of at least 4 members (excludes halogenated alkanes) is 1. The van der Waals surface area contributed by atoms with E-state index in [9.17, 15) is 0 Å². The quantitative estimate of drug-likeness (QED) is 0.383. The smallest absolute Gasteiger partial charge is 0.0695 e. The summed E-state index contributed by atoms with van der Waals surface area (Å²) in [5.74, 6) is 0. The fourth-order valence-corrected chi connectivity index (χ4v) is 1.19. The third-order valence-corrected chi connectivity index (χ3v) is 1.54. The average Bonchev–Trinajstić information content (AvgIpc) is 2.01. The van der Waals surface area contributed by atoms with Gasteiger partial charge in [-0.05, 0) is 0 Å². The number of halogens is 3. The molecule has 13 heteroatoms. The second kappa shape index (κ2) is 26.0. The van der Waals surface area contributed by atoms with Crippen LogP contribution in [-0.2, 0) is 0 Å². The molecule has 0 aromatic heterocycles. The van der Waals surface area contributed by atoms with Crippen LogP contribution in [0.25, 0.3) is 0 Å². The van der Waals surface area contributed by atoms with Crippen LogP contribution in [-0.4, -0.2) is 22.5 Å². The average molecular weight is 426 g/mol. The summed E-state index contributed by atoms with van der Waals surface area (Å²) < 4.78 is 77.1. The van der Waals surface area contributed by atoms with Crippen LogP contribution < -0.4 is 41.9 Å². The Bertz CT molecular complexity index is 83.7. The van der Waals surface area contributed by atoms with E-state index in [1.807, 2.05) is 0 Å². The second-order valence-electron chi connectivity index (χ2n) is 1.67. The second-order valence-corrected chi connectivity index (χ2v) is 4.23. The molecule has 0 unspecified atom stereocenters. The van der Waals surface area contributed by atoms with Crippen LogP contribution in [0.4, 0.5) is 0 Å². The van der Waals surface area contributed by atoms with Crippen molar-refractivity contribution in [1.29, 1.82) is 0 Å². The molecular weight excluding hydrogens is 417 g/mol. The van der Waals surface area contributed by atoms with E-state index in [-0.39, 0.29) is 0 Å². The van der Waals surface area contributed by atoms with Gasteiger partial charge in [0.25, 0.3) is 0 Å². The summed E-state index contributed by atoms with van der Waals surface area (Å²) in [6, 6.07) is 0. The van der Waals surface area contributed by atoms with Crippen molar-refractivity contribution in [3.05, 3.63) is 0 Å². The first-order chi connectivity index (χ1) is 7.61. The van der Waals surface area contributed by atoms with Gasteiger partial charge in [-0.2, -0.15) is 0 Å². The van der Waals surface area contributed by atoms with E-state index in [2.05, 4.69) is 6.92 Å². The monoisotopic (exact) mass is 426 g/mol. The minimum absolute atomic E-state index is 1.37. The molecular formula is C4H9Cl3O9Sn. The van der Waals surface area contributed by atoms with E-state index >= 15 is 0 Å². The van der Waals surface area contributed by atoms with Crippen LogP contribution in [0, 0.1) is 32.4 Å². The maximum atomic E-state index is 8.41.